The van der Waals surface area contributed by atoms with Crippen LogP contribution in [0.5, 0.6) is 0 Å². The van der Waals surface area contributed by atoms with Gasteiger partial charge in [-0.15, -0.1) is 0 Å². The topological polar surface area (TPSA) is 62.3 Å². The Labute approximate surface area is 93.5 Å². The Morgan fingerprint density at radius 2 is 2.12 bits per heavy atom. The zero-order chi connectivity index (χ0) is 11.5. The average Bonchev–Trinajstić information content (AvgIpc) is 2.31. The number of carbonyl (C=O) groups excluding carboxylic acids is 2. The summed E-state index contributed by atoms with van der Waals surface area (Å²) in [6, 6.07) is 3.31. The molecule has 2 amide bonds. The molecule has 1 saturated heterocycles. The lowest BCUT2D eigenvalue weighted by molar-refractivity contribution is -0.149. The molecule has 16 heavy (non-hydrogen) atoms. The zero-order valence-electron chi connectivity index (χ0n) is 9.01. The van der Waals surface area contributed by atoms with E-state index in [1.165, 1.54) is 4.90 Å². The van der Waals surface area contributed by atoms with Gasteiger partial charge < -0.3 is 0 Å². The lowest BCUT2D eigenvalue weighted by Gasteiger charge is -2.29. The Morgan fingerprint density at radius 1 is 1.44 bits per heavy atom. The minimum Gasteiger partial charge on any atom is -0.298 e. The first kappa shape index (κ1) is 10.8. The molecule has 5 heteroatoms. The van der Waals surface area contributed by atoms with Gasteiger partial charge in [-0.25, -0.2) is 0 Å². The second-order valence-electron chi connectivity index (χ2n) is 3.78. The molecule has 2 heterocycles. The SMILES string of the molecule is CC1NCC(=O)N(Cc2ccncc2)C1=O. The quantitative estimate of drug-likeness (QED) is 0.707. The lowest BCUT2D eigenvalue weighted by atomic mass is 10.2. The van der Waals surface area contributed by atoms with Crippen molar-refractivity contribution in [3.8, 4) is 0 Å². The van der Waals surface area contributed by atoms with Crippen molar-refractivity contribution in [2.45, 2.75) is 19.5 Å². The molecule has 0 aromatic carbocycles. The fraction of sp³-hybridized carbons (Fsp3) is 0.364. The van der Waals surface area contributed by atoms with Gasteiger partial charge in [0, 0.05) is 12.4 Å². The molecule has 1 aliphatic heterocycles. The maximum atomic E-state index is 11.8. The van der Waals surface area contributed by atoms with Crippen LogP contribution in [0, 0.1) is 0 Å². The number of rotatable bonds is 2. The highest BCUT2D eigenvalue weighted by atomic mass is 16.2. The number of carbonyl (C=O) groups is 2. The number of piperazine rings is 1. The third-order valence-corrected chi connectivity index (χ3v) is 2.59. The number of amides is 2. The summed E-state index contributed by atoms with van der Waals surface area (Å²) in [5, 5.41) is 2.84. The van der Waals surface area contributed by atoms with Gasteiger partial charge in [-0.1, -0.05) is 0 Å². The van der Waals surface area contributed by atoms with Crippen molar-refractivity contribution in [3.05, 3.63) is 30.1 Å². The molecule has 1 N–H and O–H groups in total. The van der Waals surface area contributed by atoms with Gasteiger partial charge >= 0.3 is 0 Å². The molecule has 0 saturated carbocycles. The molecule has 0 radical (unpaired) electrons. The molecule has 1 aromatic heterocycles. The van der Waals surface area contributed by atoms with Crippen LogP contribution in [0.2, 0.25) is 0 Å². The summed E-state index contributed by atoms with van der Waals surface area (Å²) in [6.07, 6.45) is 3.30. The first-order valence-electron chi connectivity index (χ1n) is 5.15. The van der Waals surface area contributed by atoms with Gasteiger partial charge in [-0.05, 0) is 24.6 Å². The van der Waals surface area contributed by atoms with Gasteiger partial charge in [0.05, 0.1) is 19.1 Å². The smallest absolute Gasteiger partial charge is 0.246 e. The fourth-order valence-corrected chi connectivity index (χ4v) is 1.62. The molecule has 1 aliphatic rings. The Balaban J connectivity index is 2.13. The molecule has 1 atom stereocenters. The normalized spacial score (nSPS) is 21.3. The van der Waals surface area contributed by atoms with Gasteiger partial charge in [0.15, 0.2) is 0 Å². The van der Waals surface area contributed by atoms with Crippen molar-refractivity contribution in [2.75, 3.05) is 6.54 Å². The summed E-state index contributed by atoms with van der Waals surface area (Å²) in [5.41, 5.74) is 0.908. The number of pyridine rings is 1. The van der Waals surface area contributed by atoms with Gasteiger partial charge in [0.2, 0.25) is 11.8 Å². The first-order chi connectivity index (χ1) is 7.68. The Kier molecular flexibility index (Phi) is 2.96. The molecule has 0 bridgehead atoms. The summed E-state index contributed by atoms with van der Waals surface area (Å²) in [6.45, 7) is 2.30. The number of nitrogens with one attached hydrogen (secondary N) is 1. The second-order valence-corrected chi connectivity index (χ2v) is 3.78. The van der Waals surface area contributed by atoms with E-state index < -0.39 is 0 Å². The maximum Gasteiger partial charge on any atom is 0.246 e. The molecule has 84 valence electrons. The molecule has 1 unspecified atom stereocenters. The monoisotopic (exact) mass is 219 g/mol. The molecule has 0 aliphatic carbocycles. The third-order valence-electron chi connectivity index (χ3n) is 2.59. The van der Waals surface area contributed by atoms with Crippen LogP contribution in [0.4, 0.5) is 0 Å². The van der Waals surface area contributed by atoms with Crippen molar-refractivity contribution in [1.82, 2.24) is 15.2 Å². The van der Waals surface area contributed by atoms with Gasteiger partial charge in [-0.2, -0.15) is 0 Å². The largest absolute Gasteiger partial charge is 0.298 e. The van der Waals surface area contributed by atoms with Crippen LogP contribution in [0.25, 0.3) is 0 Å². The lowest BCUT2D eigenvalue weighted by Crippen LogP contribution is -2.56. The number of nitrogens with zero attached hydrogens (tertiary/aromatic N) is 2. The summed E-state index contributed by atoms with van der Waals surface area (Å²) in [5.74, 6) is -0.354. The molecular formula is C11H13N3O2. The van der Waals surface area contributed by atoms with E-state index in [2.05, 4.69) is 10.3 Å². The van der Waals surface area contributed by atoms with E-state index in [-0.39, 0.29) is 24.4 Å². The maximum absolute atomic E-state index is 11.8. The molecule has 5 nitrogen and oxygen atoms in total. The number of aromatic nitrogens is 1. The third kappa shape index (κ3) is 2.09. The highest BCUT2D eigenvalue weighted by molar-refractivity contribution is 6.00. The zero-order valence-corrected chi connectivity index (χ0v) is 9.01. The highest BCUT2D eigenvalue weighted by Gasteiger charge is 2.30. The molecular weight excluding hydrogens is 206 g/mol. The minimum atomic E-state index is -0.292. The van der Waals surface area contributed by atoms with E-state index >= 15 is 0 Å². The summed E-state index contributed by atoms with van der Waals surface area (Å²) in [4.78, 5) is 28.5. The van der Waals surface area contributed by atoms with Crippen molar-refractivity contribution in [1.29, 1.82) is 0 Å². The number of imide groups is 1. The van der Waals surface area contributed by atoms with Crippen LogP contribution < -0.4 is 5.32 Å². The van der Waals surface area contributed by atoms with Crippen LogP contribution in [-0.4, -0.2) is 34.3 Å². The van der Waals surface area contributed by atoms with E-state index in [4.69, 9.17) is 0 Å². The number of hydrogen-bond donors (Lipinski definition) is 1. The van der Waals surface area contributed by atoms with E-state index in [9.17, 15) is 9.59 Å². The molecule has 1 fully saturated rings. The van der Waals surface area contributed by atoms with Crippen LogP contribution in [-0.2, 0) is 16.1 Å². The minimum absolute atomic E-state index is 0.173. The Bertz CT molecular complexity index is 405. The second kappa shape index (κ2) is 4.40. The predicted molar refractivity (Wildman–Crippen MR) is 57.3 cm³/mol. The van der Waals surface area contributed by atoms with Crippen molar-refractivity contribution < 1.29 is 9.59 Å². The van der Waals surface area contributed by atoms with Gasteiger partial charge in [0.25, 0.3) is 0 Å². The highest BCUT2D eigenvalue weighted by Crippen LogP contribution is 2.08. The van der Waals surface area contributed by atoms with Gasteiger partial charge in [-0.3, -0.25) is 24.8 Å². The van der Waals surface area contributed by atoms with E-state index in [1.54, 1.807) is 31.5 Å². The van der Waals surface area contributed by atoms with Gasteiger partial charge in [0.1, 0.15) is 0 Å². The summed E-state index contributed by atoms with van der Waals surface area (Å²) >= 11 is 0. The van der Waals surface area contributed by atoms with Crippen molar-refractivity contribution in [2.24, 2.45) is 0 Å². The predicted octanol–water partition coefficient (Wildman–Crippen LogP) is -0.0715. The van der Waals surface area contributed by atoms with Crippen molar-refractivity contribution >= 4 is 11.8 Å². The molecule has 0 spiro atoms. The fourth-order valence-electron chi connectivity index (χ4n) is 1.62. The Hall–Kier alpha value is -1.75. The van der Waals surface area contributed by atoms with E-state index in [0.29, 0.717) is 6.54 Å². The van der Waals surface area contributed by atoms with Crippen LogP contribution in [0.1, 0.15) is 12.5 Å². The Morgan fingerprint density at radius 3 is 2.81 bits per heavy atom. The average molecular weight is 219 g/mol. The van der Waals surface area contributed by atoms with E-state index in [1.807, 2.05) is 0 Å². The van der Waals surface area contributed by atoms with Crippen molar-refractivity contribution in [3.63, 3.8) is 0 Å². The first-order valence-corrected chi connectivity index (χ1v) is 5.15. The molecule has 1 aromatic rings. The summed E-state index contributed by atoms with van der Waals surface area (Å²) in [7, 11) is 0. The summed E-state index contributed by atoms with van der Waals surface area (Å²) < 4.78 is 0. The molecule has 2 rings (SSSR count). The van der Waals surface area contributed by atoms with Crippen LogP contribution >= 0.6 is 0 Å². The standard InChI is InChI=1S/C11H13N3O2/c1-8-11(16)14(10(15)6-13-8)7-9-2-4-12-5-3-9/h2-5,8,13H,6-7H2,1H3. The van der Waals surface area contributed by atoms with E-state index in [0.717, 1.165) is 5.56 Å². The number of hydrogen-bond acceptors (Lipinski definition) is 4. The van der Waals surface area contributed by atoms with Crippen LogP contribution in [0.15, 0.2) is 24.5 Å². The van der Waals surface area contributed by atoms with Crippen LogP contribution in [0.3, 0.4) is 0 Å².